The van der Waals surface area contributed by atoms with Crippen LogP contribution >= 0.6 is 0 Å². The van der Waals surface area contributed by atoms with Crippen LogP contribution in [0.4, 0.5) is 11.9 Å². The van der Waals surface area contributed by atoms with Crippen LogP contribution in [0.1, 0.15) is 46.0 Å². The van der Waals surface area contributed by atoms with E-state index >= 15 is 0 Å². The Bertz CT molecular complexity index is 652. The maximum atomic E-state index is 4.50. The molecule has 0 fully saturated rings. The van der Waals surface area contributed by atoms with Gasteiger partial charge in [0.1, 0.15) is 0 Å². The molecule has 0 amide bonds. The molecule has 7 nitrogen and oxygen atoms in total. The third-order valence-corrected chi connectivity index (χ3v) is 2.73. The predicted octanol–water partition coefficient (Wildman–Crippen LogP) is 2.70. The first-order valence-electron chi connectivity index (χ1n) is 7.48. The van der Waals surface area contributed by atoms with Crippen molar-refractivity contribution in [3.8, 4) is 5.95 Å². The summed E-state index contributed by atoms with van der Waals surface area (Å²) in [6.45, 7) is 14.2. The van der Waals surface area contributed by atoms with Crippen molar-refractivity contribution < 1.29 is 0 Å². The van der Waals surface area contributed by atoms with E-state index in [2.05, 4.69) is 51.5 Å². The maximum absolute atomic E-state index is 4.50. The van der Waals surface area contributed by atoms with Gasteiger partial charge in [0.05, 0.1) is 5.69 Å². The van der Waals surface area contributed by atoms with Crippen molar-refractivity contribution in [1.82, 2.24) is 24.7 Å². The van der Waals surface area contributed by atoms with Gasteiger partial charge in [-0.2, -0.15) is 20.1 Å². The molecule has 0 aliphatic carbocycles. The molecule has 0 aliphatic heterocycles. The number of rotatable bonds is 4. The lowest BCUT2D eigenvalue weighted by molar-refractivity contribution is 0.623. The van der Waals surface area contributed by atoms with E-state index in [1.54, 1.807) is 4.68 Å². The molecule has 0 aromatic carbocycles. The standard InChI is InChI=1S/C15H25N7/c1-9(2)16-12-17-13(20-15(5,6)7)19-14(18-12)22-11(4)8-10(3)21-22/h8-9H,1-7H3,(H2,16,17,18,19,20). The first kappa shape index (κ1) is 16.2. The Morgan fingerprint density at radius 1 is 1.05 bits per heavy atom. The van der Waals surface area contributed by atoms with E-state index in [4.69, 9.17) is 0 Å². The Balaban J connectivity index is 2.48. The minimum Gasteiger partial charge on any atom is -0.352 e. The summed E-state index contributed by atoms with van der Waals surface area (Å²) in [6, 6.07) is 2.23. The molecule has 2 aromatic heterocycles. The summed E-state index contributed by atoms with van der Waals surface area (Å²) in [7, 11) is 0. The van der Waals surface area contributed by atoms with Crippen LogP contribution in [0.3, 0.4) is 0 Å². The molecule has 120 valence electrons. The van der Waals surface area contributed by atoms with Crippen molar-refractivity contribution in [3.05, 3.63) is 17.5 Å². The molecule has 0 aliphatic rings. The zero-order valence-corrected chi connectivity index (χ0v) is 14.4. The van der Waals surface area contributed by atoms with Crippen LogP contribution in [0.2, 0.25) is 0 Å². The predicted molar refractivity (Wildman–Crippen MR) is 88.6 cm³/mol. The molecule has 2 aromatic rings. The molecule has 7 heteroatoms. The van der Waals surface area contributed by atoms with Crippen molar-refractivity contribution >= 4 is 11.9 Å². The largest absolute Gasteiger partial charge is 0.352 e. The highest BCUT2D eigenvalue weighted by Gasteiger charge is 2.16. The van der Waals surface area contributed by atoms with Crippen LogP contribution in [0.15, 0.2) is 6.07 Å². The third kappa shape index (κ3) is 4.16. The molecule has 2 rings (SSSR count). The van der Waals surface area contributed by atoms with Gasteiger partial charge in [-0.1, -0.05) is 0 Å². The van der Waals surface area contributed by atoms with Crippen LogP contribution in [-0.4, -0.2) is 36.3 Å². The van der Waals surface area contributed by atoms with Gasteiger partial charge in [-0.25, -0.2) is 4.68 Å². The SMILES string of the molecule is Cc1cc(C)n(-c2nc(NC(C)C)nc(NC(C)(C)C)n2)n1. The summed E-state index contributed by atoms with van der Waals surface area (Å²) < 4.78 is 1.73. The van der Waals surface area contributed by atoms with Crippen molar-refractivity contribution in [2.75, 3.05) is 10.6 Å². The van der Waals surface area contributed by atoms with Crippen molar-refractivity contribution in [1.29, 1.82) is 0 Å². The van der Waals surface area contributed by atoms with E-state index < -0.39 is 0 Å². The molecule has 0 unspecified atom stereocenters. The van der Waals surface area contributed by atoms with E-state index in [-0.39, 0.29) is 11.6 Å². The molecular weight excluding hydrogens is 278 g/mol. The lowest BCUT2D eigenvalue weighted by Crippen LogP contribution is -2.28. The Morgan fingerprint density at radius 3 is 2.18 bits per heavy atom. The van der Waals surface area contributed by atoms with Gasteiger partial charge in [-0.05, 0) is 54.5 Å². The normalized spacial score (nSPS) is 11.8. The number of aryl methyl sites for hydroxylation is 2. The third-order valence-electron chi connectivity index (χ3n) is 2.73. The summed E-state index contributed by atoms with van der Waals surface area (Å²) >= 11 is 0. The van der Waals surface area contributed by atoms with Crippen LogP contribution in [-0.2, 0) is 0 Å². The highest BCUT2D eigenvalue weighted by molar-refractivity contribution is 5.40. The molecule has 0 saturated heterocycles. The summed E-state index contributed by atoms with van der Waals surface area (Å²) in [4.78, 5) is 13.4. The minimum atomic E-state index is -0.136. The fraction of sp³-hybridized carbons (Fsp3) is 0.600. The Kier molecular flexibility index (Phi) is 4.35. The lowest BCUT2D eigenvalue weighted by Gasteiger charge is -2.21. The molecule has 22 heavy (non-hydrogen) atoms. The number of hydrogen-bond donors (Lipinski definition) is 2. The molecule has 2 N–H and O–H groups in total. The summed E-state index contributed by atoms with van der Waals surface area (Å²) in [6.07, 6.45) is 0. The van der Waals surface area contributed by atoms with E-state index in [0.29, 0.717) is 17.8 Å². The molecule has 0 atom stereocenters. The number of nitrogens with one attached hydrogen (secondary N) is 2. The van der Waals surface area contributed by atoms with E-state index in [9.17, 15) is 0 Å². The van der Waals surface area contributed by atoms with Gasteiger partial charge < -0.3 is 10.6 Å². The van der Waals surface area contributed by atoms with E-state index in [1.807, 2.05) is 33.8 Å². The van der Waals surface area contributed by atoms with E-state index in [1.165, 1.54) is 0 Å². The molecule has 0 spiro atoms. The Morgan fingerprint density at radius 2 is 1.68 bits per heavy atom. The number of hydrogen-bond acceptors (Lipinski definition) is 6. The van der Waals surface area contributed by atoms with Gasteiger partial charge >= 0.3 is 0 Å². The van der Waals surface area contributed by atoms with Gasteiger partial charge in [0, 0.05) is 17.3 Å². The smallest absolute Gasteiger partial charge is 0.257 e. The fourth-order valence-corrected chi connectivity index (χ4v) is 2.00. The number of aromatic nitrogens is 5. The lowest BCUT2D eigenvalue weighted by atomic mass is 10.1. The molecule has 0 bridgehead atoms. The highest BCUT2D eigenvalue weighted by Crippen LogP contribution is 2.15. The van der Waals surface area contributed by atoms with Crippen LogP contribution in [0.25, 0.3) is 5.95 Å². The maximum Gasteiger partial charge on any atom is 0.257 e. The van der Waals surface area contributed by atoms with Gasteiger partial charge in [0.15, 0.2) is 0 Å². The summed E-state index contributed by atoms with van der Waals surface area (Å²) in [5, 5.41) is 11.0. The molecule has 2 heterocycles. The van der Waals surface area contributed by atoms with Crippen molar-refractivity contribution in [3.63, 3.8) is 0 Å². The topological polar surface area (TPSA) is 80.5 Å². The fourth-order valence-electron chi connectivity index (χ4n) is 2.00. The average molecular weight is 303 g/mol. The van der Waals surface area contributed by atoms with Crippen molar-refractivity contribution in [2.45, 2.75) is 60.0 Å². The monoisotopic (exact) mass is 303 g/mol. The van der Waals surface area contributed by atoms with E-state index in [0.717, 1.165) is 11.4 Å². The molecule has 0 radical (unpaired) electrons. The first-order valence-corrected chi connectivity index (χ1v) is 7.48. The number of nitrogens with zero attached hydrogens (tertiary/aromatic N) is 5. The zero-order chi connectivity index (χ0) is 16.5. The van der Waals surface area contributed by atoms with Crippen LogP contribution < -0.4 is 10.6 Å². The molecular formula is C15H25N7. The summed E-state index contributed by atoms with van der Waals surface area (Å²) in [5.41, 5.74) is 1.78. The molecule has 0 saturated carbocycles. The van der Waals surface area contributed by atoms with Gasteiger partial charge in [0.2, 0.25) is 11.9 Å². The Hall–Kier alpha value is -2.18. The van der Waals surface area contributed by atoms with Crippen LogP contribution in [0, 0.1) is 13.8 Å². The zero-order valence-electron chi connectivity index (χ0n) is 14.4. The number of anilines is 2. The summed E-state index contributed by atoms with van der Waals surface area (Å²) in [5.74, 6) is 1.59. The highest BCUT2D eigenvalue weighted by atomic mass is 15.4. The van der Waals surface area contributed by atoms with Crippen LogP contribution in [0.5, 0.6) is 0 Å². The van der Waals surface area contributed by atoms with Gasteiger partial charge in [-0.15, -0.1) is 0 Å². The second-order valence-corrected chi connectivity index (χ2v) is 6.80. The minimum absolute atomic E-state index is 0.136. The second kappa shape index (κ2) is 5.90. The average Bonchev–Trinajstić information content (AvgIpc) is 2.64. The Labute approximate surface area is 131 Å². The van der Waals surface area contributed by atoms with Crippen molar-refractivity contribution in [2.24, 2.45) is 0 Å². The van der Waals surface area contributed by atoms with Gasteiger partial charge in [0.25, 0.3) is 5.95 Å². The van der Waals surface area contributed by atoms with Gasteiger partial charge in [-0.3, -0.25) is 0 Å². The quantitative estimate of drug-likeness (QED) is 0.904. The second-order valence-electron chi connectivity index (χ2n) is 6.80. The first-order chi connectivity index (χ1) is 10.1.